The summed E-state index contributed by atoms with van der Waals surface area (Å²) in [7, 11) is 0. The number of rotatable bonds is 6. The van der Waals surface area contributed by atoms with Crippen LogP contribution in [0.25, 0.3) is 0 Å². The van der Waals surface area contributed by atoms with Crippen molar-refractivity contribution < 1.29 is 5.11 Å². The van der Waals surface area contributed by atoms with Crippen LogP contribution < -0.4 is 5.32 Å². The molecule has 0 saturated heterocycles. The van der Waals surface area contributed by atoms with Crippen LogP contribution in [-0.4, -0.2) is 23.8 Å². The van der Waals surface area contributed by atoms with E-state index in [1.54, 1.807) is 6.08 Å². The Kier molecular flexibility index (Phi) is 5.67. The zero-order valence-corrected chi connectivity index (χ0v) is 8.93. The fraction of sp³-hybridized carbons (Fsp3) is 0.636. The lowest BCUT2D eigenvalue weighted by Gasteiger charge is -2.25. The molecule has 0 aliphatic heterocycles. The minimum Gasteiger partial charge on any atom is -0.396 e. The van der Waals surface area contributed by atoms with Crippen LogP contribution in [0.1, 0.15) is 27.2 Å². The third kappa shape index (κ3) is 6.55. The SMILES string of the molecule is C=C/C=C(\C)CNC(C)(C)CCO. The Morgan fingerprint density at radius 2 is 2.15 bits per heavy atom. The molecule has 0 aromatic heterocycles. The zero-order chi connectivity index (χ0) is 10.3. The summed E-state index contributed by atoms with van der Waals surface area (Å²) in [5, 5.41) is 12.2. The molecule has 0 unspecified atom stereocenters. The Morgan fingerprint density at radius 1 is 1.54 bits per heavy atom. The monoisotopic (exact) mass is 183 g/mol. The lowest BCUT2D eigenvalue weighted by molar-refractivity contribution is 0.234. The molecule has 76 valence electrons. The molecular formula is C11H21NO. The highest BCUT2D eigenvalue weighted by Crippen LogP contribution is 2.07. The van der Waals surface area contributed by atoms with Gasteiger partial charge in [0.1, 0.15) is 0 Å². The van der Waals surface area contributed by atoms with Gasteiger partial charge in [0.15, 0.2) is 0 Å². The largest absolute Gasteiger partial charge is 0.396 e. The van der Waals surface area contributed by atoms with E-state index in [-0.39, 0.29) is 12.1 Å². The van der Waals surface area contributed by atoms with Gasteiger partial charge in [0.05, 0.1) is 0 Å². The minimum absolute atomic E-state index is 0.00498. The van der Waals surface area contributed by atoms with Crippen LogP contribution in [0.5, 0.6) is 0 Å². The predicted molar refractivity (Wildman–Crippen MR) is 57.7 cm³/mol. The van der Waals surface area contributed by atoms with E-state index in [1.807, 2.05) is 6.08 Å². The van der Waals surface area contributed by atoms with Crippen LogP contribution in [0, 0.1) is 0 Å². The van der Waals surface area contributed by atoms with Crippen molar-refractivity contribution in [1.82, 2.24) is 5.32 Å². The number of aliphatic hydroxyl groups excluding tert-OH is 1. The Labute approximate surface area is 81.4 Å². The Morgan fingerprint density at radius 3 is 2.62 bits per heavy atom. The zero-order valence-electron chi connectivity index (χ0n) is 8.93. The van der Waals surface area contributed by atoms with Crippen molar-refractivity contribution in [2.75, 3.05) is 13.2 Å². The summed E-state index contributed by atoms with van der Waals surface area (Å²) in [6, 6.07) is 0. The third-order valence-electron chi connectivity index (χ3n) is 1.98. The maximum absolute atomic E-state index is 8.80. The summed E-state index contributed by atoms with van der Waals surface area (Å²) in [4.78, 5) is 0. The van der Waals surface area contributed by atoms with Gasteiger partial charge in [-0.2, -0.15) is 0 Å². The first-order valence-corrected chi connectivity index (χ1v) is 4.66. The second-order valence-electron chi connectivity index (χ2n) is 3.96. The Hall–Kier alpha value is -0.600. The van der Waals surface area contributed by atoms with Crippen molar-refractivity contribution in [1.29, 1.82) is 0 Å². The molecule has 2 N–H and O–H groups in total. The van der Waals surface area contributed by atoms with Gasteiger partial charge in [0.2, 0.25) is 0 Å². The molecule has 0 rings (SSSR count). The molecule has 0 radical (unpaired) electrons. The van der Waals surface area contributed by atoms with E-state index in [1.165, 1.54) is 5.57 Å². The van der Waals surface area contributed by atoms with Crippen LogP contribution in [-0.2, 0) is 0 Å². The van der Waals surface area contributed by atoms with Crippen LogP contribution in [0.4, 0.5) is 0 Å². The summed E-state index contributed by atoms with van der Waals surface area (Å²) >= 11 is 0. The van der Waals surface area contributed by atoms with Gasteiger partial charge >= 0.3 is 0 Å². The molecule has 0 aromatic rings. The molecule has 2 nitrogen and oxygen atoms in total. The topological polar surface area (TPSA) is 32.3 Å². The third-order valence-corrected chi connectivity index (χ3v) is 1.98. The first kappa shape index (κ1) is 12.4. The number of hydrogen-bond donors (Lipinski definition) is 2. The maximum atomic E-state index is 8.80. The van der Waals surface area contributed by atoms with Gasteiger partial charge in [-0.1, -0.05) is 24.3 Å². The smallest absolute Gasteiger partial charge is 0.0448 e. The summed E-state index contributed by atoms with van der Waals surface area (Å²) in [6.45, 7) is 10.9. The minimum atomic E-state index is 0.00498. The van der Waals surface area contributed by atoms with Crippen LogP contribution >= 0.6 is 0 Å². The molecule has 13 heavy (non-hydrogen) atoms. The highest BCUT2D eigenvalue weighted by atomic mass is 16.3. The molecule has 0 fully saturated rings. The van der Waals surface area contributed by atoms with Gasteiger partial charge in [0.25, 0.3) is 0 Å². The molecule has 0 spiro atoms. The maximum Gasteiger partial charge on any atom is 0.0448 e. The van der Waals surface area contributed by atoms with Crippen molar-refractivity contribution in [3.8, 4) is 0 Å². The molecule has 0 bridgehead atoms. The molecule has 0 aliphatic rings. The average Bonchev–Trinajstić information content (AvgIpc) is 2.02. The molecule has 0 saturated carbocycles. The first-order valence-electron chi connectivity index (χ1n) is 4.66. The highest BCUT2D eigenvalue weighted by Gasteiger charge is 2.15. The quantitative estimate of drug-likeness (QED) is 0.616. The van der Waals surface area contributed by atoms with Crippen molar-refractivity contribution in [2.45, 2.75) is 32.7 Å². The van der Waals surface area contributed by atoms with E-state index >= 15 is 0 Å². The molecule has 2 heteroatoms. The average molecular weight is 183 g/mol. The standard InChI is InChI=1S/C11H21NO/c1-5-6-10(2)9-12-11(3,4)7-8-13/h5-6,12-13H,1,7-9H2,2-4H3/b10-6+. The van der Waals surface area contributed by atoms with Gasteiger partial charge < -0.3 is 10.4 Å². The van der Waals surface area contributed by atoms with E-state index in [9.17, 15) is 0 Å². The van der Waals surface area contributed by atoms with Crippen molar-refractivity contribution >= 4 is 0 Å². The summed E-state index contributed by atoms with van der Waals surface area (Å²) < 4.78 is 0. The molecule has 0 aromatic carbocycles. The van der Waals surface area contributed by atoms with E-state index in [0.717, 1.165) is 13.0 Å². The van der Waals surface area contributed by atoms with Crippen LogP contribution in [0.15, 0.2) is 24.3 Å². The van der Waals surface area contributed by atoms with Crippen molar-refractivity contribution in [2.24, 2.45) is 0 Å². The predicted octanol–water partition coefficient (Wildman–Crippen LogP) is 1.87. The van der Waals surface area contributed by atoms with E-state index in [2.05, 4.69) is 32.7 Å². The fourth-order valence-electron chi connectivity index (χ4n) is 1.01. The van der Waals surface area contributed by atoms with Crippen LogP contribution in [0.2, 0.25) is 0 Å². The van der Waals surface area contributed by atoms with Gasteiger partial charge in [-0.25, -0.2) is 0 Å². The van der Waals surface area contributed by atoms with Crippen LogP contribution in [0.3, 0.4) is 0 Å². The van der Waals surface area contributed by atoms with E-state index < -0.39 is 0 Å². The van der Waals surface area contributed by atoms with E-state index in [4.69, 9.17) is 5.11 Å². The molecule has 0 atom stereocenters. The lowest BCUT2D eigenvalue weighted by atomic mass is 10.0. The molecule has 0 aliphatic carbocycles. The van der Waals surface area contributed by atoms with E-state index in [0.29, 0.717) is 0 Å². The Balaban J connectivity index is 3.86. The van der Waals surface area contributed by atoms with Gasteiger partial charge in [0, 0.05) is 18.7 Å². The highest BCUT2D eigenvalue weighted by molar-refractivity contribution is 5.09. The second kappa shape index (κ2) is 5.95. The summed E-state index contributed by atoms with van der Waals surface area (Å²) in [5.41, 5.74) is 1.26. The molecule has 0 amide bonds. The number of allylic oxidation sites excluding steroid dienone is 2. The number of aliphatic hydroxyl groups is 1. The van der Waals surface area contributed by atoms with Crippen molar-refractivity contribution in [3.05, 3.63) is 24.3 Å². The summed E-state index contributed by atoms with van der Waals surface area (Å²) in [6.07, 6.45) is 4.55. The molecule has 0 heterocycles. The second-order valence-corrected chi connectivity index (χ2v) is 3.96. The van der Waals surface area contributed by atoms with Crippen molar-refractivity contribution in [3.63, 3.8) is 0 Å². The normalized spacial score (nSPS) is 13.1. The fourth-order valence-corrected chi connectivity index (χ4v) is 1.01. The molecular weight excluding hydrogens is 162 g/mol. The van der Waals surface area contributed by atoms with Gasteiger partial charge in [-0.3, -0.25) is 0 Å². The lowest BCUT2D eigenvalue weighted by Crippen LogP contribution is -2.40. The summed E-state index contributed by atoms with van der Waals surface area (Å²) in [5.74, 6) is 0. The number of hydrogen-bond acceptors (Lipinski definition) is 2. The Bertz CT molecular complexity index is 183. The number of nitrogens with one attached hydrogen (secondary N) is 1. The first-order chi connectivity index (χ1) is 6.02. The van der Waals surface area contributed by atoms with Gasteiger partial charge in [-0.15, -0.1) is 0 Å². The van der Waals surface area contributed by atoms with Gasteiger partial charge in [-0.05, 0) is 27.2 Å².